The number of hydrazone groups is 1. The van der Waals surface area contributed by atoms with Crippen molar-refractivity contribution in [2.75, 3.05) is 11.9 Å². The second-order valence-corrected chi connectivity index (χ2v) is 12.1. The van der Waals surface area contributed by atoms with Crippen molar-refractivity contribution in [2.45, 2.75) is 71.8 Å². The van der Waals surface area contributed by atoms with Crippen molar-refractivity contribution in [3.8, 4) is 5.75 Å². The van der Waals surface area contributed by atoms with E-state index in [-0.39, 0.29) is 17.9 Å². The molecule has 0 saturated heterocycles. The van der Waals surface area contributed by atoms with Crippen LogP contribution in [0.5, 0.6) is 5.75 Å². The average molecular weight is 576 g/mol. The highest BCUT2D eigenvalue weighted by Crippen LogP contribution is 2.39. The lowest BCUT2D eigenvalue weighted by molar-refractivity contribution is -0.127. The van der Waals surface area contributed by atoms with Crippen molar-refractivity contribution in [3.63, 3.8) is 0 Å². The van der Waals surface area contributed by atoms with Crippen molar-refractivity contribution in [3.05, 3.63) is 81.2 Å². The lowest BCUT2D eigenvalue weighted by Gasteiger charge is -2.18. The molecule has 1 aliphatic rings. The van der Waals surface area contributed by atoms with Gasteiger partial charge in [0.2, 0.25) is 0 Å². The van der Waals surface area contributed by atoms with Gasteiger partial charge in [-0.25, -0.2) is 10.2 Å². The highest BCUT2D eigenvalue weighted by molar-refractivity contribution is 7.17. The fourth-order valence-electron chi connectivity index (χ4n) is 4.52. The van der Waals surface area contributed by atoms with Gasteiger partial charge in [-0.2, -0.15) is 5.10 Å². The monoisotopic (exact) mass is 575 g/mol. The summed E-state index contributed by atoms with van der Waals surface area (Å²) < 4.78 is 11.0. The maximum Gasteiger partial charge on any atom is 0.341 e. The van der Waals surface area contributed by atoms with Crippen LogP contribution in [-0.4, -0.2) is 36.7 Å². The molecule has 2 amide bonds. The van der Waals surface area contributed by atoms with Gasteiger partial charge in [-0.3, -0.25) is 9.59 Å². The van der Waals surface area contributed by atoms with E-state index in [2.05, 4.69) is 36.6 Å². The number of aryl methyl sites for hydroxylation is 1. The Morgan fingerprint density at radius 3 is 2.37 bits per heavy atom. The van der Waals surface area contributed by atoms with Crippen LogP contribution in [0.1, 0.15) is 89.7 Å². The molecule has 0 aliphatic heterocycles. The van der Waals surface area contributed by atoms with Crippen molar-refractivity contribution in [1.29, 1.82) is 0 Å². The first-order valence-corrected chi connectivity index (χ1v) is 14.7. The Bertz CT molecular complexity index is 1420. The van der Waals surface area contributed by atoms with Gasteiger partial charge in [0.05, 0.1) is 18.4 Å². The summed E-state index contributed by atoms with van der Waals surface area (Å²) in [6, 6.07) is 14.5. The molecule has 1 atom stereocenters. The number of anilines is 1. The Kier molecular flexibility index (Phi) is 9.60. The number of hydrogen-bond donors (Lipinski definition) is 2. The molecule has 216 valence electrons. The predicted molar refractivity (Wildman–Crippen MR) is 162 cm³/mol. The summed E-state index contributed by atoms with van der Waals surface area (Å²) in [6.45, 7) is 10.1. The van der Waals surface area contributed by atoms with Crippen LogP contribution < -0.4 is 15.5 Å². The number of hydrogen-bond acceptors (Lipinski definition) is 7. The number of rotatable bonds is 9. The number of nitrogens with zero attached hydrogens (tertiary/aromatic N) is 1. The fraction of sp³-hybridized carbons (Fsp3) is 0.375. The molecule has 0 bridgehead atoms. The normalized spacial score (nSPS) is 13.8. The minimum atomic E-state index is -0.806. The molecular weight excluding hydrogens is 538 g/mol. The summed E-state index contributed by atoms with van der Waals surface area (Å²) in [7, 11) is 0. The average Bonchev–Trinajstić information content (AvgIpc) is 3.31. The lowest BCUT2D eigenvalue weighted by atomic mass is 9.87. The molecule has 2 aromatic carbocycles. The zero-order valence-electron chi connectivity index (χ0n) is 24.2. The number of nitrogens with one attached hydrogen (secondary N) is 2. The van der Waals surface area contributed by atoms with Crippen LogP contribution in [0.4, 0.5) is 5.00 Å². The van der Waals surface area contributed by atoms with Gasteiger partial charge in [-0.1, -0.05) is 45.0 Å². The second kappa shape index (κ2) is 13.1. The van der Waals surface area contributed by atoms with E-state index >= 15 is 0 Å². The van der Waals surface area contributed by atoms with E-state index in [1.54, 1.807) is 44.3 Å². The molecule has 0 unspecified atom stereocenters. The van der Waals surface area contributed by atoms with Gasteiger partial charge in [0.1, 0.15) is 10.8 Å². The number of amides is 2. The van der Waals surface area contributed by atoms with Crippen LogP contribution in [0.15, 0.2) is 53.6 Å². The third kappa shape index (κ3) is 7.61. The van der Waals surface area contributed by atoms with Crippen LogP contribution in [-0.2, 0) is 27.8 Å². The van der Waals surface area contributed by atoms with E-state index in [9.17, 15) is 14.4 Å². The minimum absolute atomic E-state index is 0.0654. The maximum atomic E-state index is 13.0. The zero-order chi connectivity index (χ0) is 29.6. The molecule has 0 saturated carbocycles. The van der Waals surface area contributed by atoms with Crippen LogP contribution in [0.2, 0.25) is 0 Å². The summed E-state index contributed by atoms with van der Waals surface area (Å²) in [5, 5.41) is 7.47. The Hall–Kier alpha value is -3.98. The largest absolute Gasteiger partial charge is 0.481 e. The summed E-state index contributed by atoms with van der Waals surface area (Å²) in [5.74, 6) is -0.704. The van der Waals surface area contributed by atoms with Crippen LogP contribution in [0.3, 0.4) is 0 Å². The van der Waals surface area contributed by atoms with Gasteiger partial charge < -0.3 is 14.8 Å². The Morgan fingerprint density at radius 1 is 1.02 bits per heavy atom. The van der Waals surface area contributed by atoms with E-state index in [1.807, 2.05) is 24.3 Å². The number of benzene rings is 2. The smallest absolute Gasteiger partial charge is 0.341 e. The molecule has 0 fully saturated rings. The third-order valence-corrected chi connectivity index (χ3v) is 8.05. The quantitative estimate of drug-likeness (QED) is 0.178. The van der Waals surface area contributed by atoms with Crippen molar-refractivity contribution in [1.82, 2.24) is 5.43 Å². The third-order valence-electron chi connectivity index (χ3n) is 6.84. The molecule has 1 heterocycles. The molecule has 1 aliphatic carbocycles. The van der Waals surface area contributed by atoms with Crippen LogP contribution in [0, 0.1) is 0 Å². The van der Waals surface area contributed by atoms with Gasteiger partial charge in [0, 0.05) is 10.4 Å². The standard InChI is InChI=1S/C32H37N3O5S/c1-6-39-31(38)27-25-9-7-8-10-26(25)41-30(27)34-29(37)22-13-17-24(18-14-22)40-20(2)28(36)35-33-19-21-11-15-23(16-12-21)32(3,4)5/h11-20H,6-10H2,1-5H3,(H,34,37)(H,35,36)/b33-19-/t20-/m1/s1. The molecule has 2 N–H and O–H groups in total. The van der Waals surface area contributed by atoms with E-state index in [0.29, 0.717) is 21.9 Å². The number of fused-ring (bicyclic) bond motifs is 1. The maximum absolute atomic E-state index is 13.0. The number of carbonyl (C=O) groups is 3. The van der Waals surface area contributed by atoms with Crippen LogP contribution >= 0.6 is 11.3 Å². The first-order chi connectivity index (χ1) is 19.6. The highest BCUT2D eigenvalue weighted by Gasteiger charge is 2.27. The molecular formula is C32H37N3O5S. The SMILES string of the molecule is CCOC(=O)c1c(NC(=O)c2ccc(O[C@H](C)C(=O)N/N=C\c3ccc(C(C)(C)C)cc3)cc2)sc2c1CCCC2. The first-order valence-electron chi connectivity index (χ1n) is 13.9. The van der Waals surface area contributed by atoms with Gasteiger partial charge in [-0.15, -0.1) is 11.3 Å². The Balaban J connectivity index is 1.33. The minimum Gasteiger partial charge on any atom is -0.481 e. The molecule has 4 rings (SSSR count). The fourth-order valence-corrected chi connectivity index (χ4v) is 5.79. The summed E-state index contributed by atoms with van der Waals surface area (Å²) in [6.07, 6.45) is 4.57. The zero-order valence-corrected chi connectivity index (χ0v) is 25.0. The van der Waals surface area contributed by atoms with Gasteiger partial charge in [0.25, 0.3) is 11.8 Å². The van der Waals surface area contributed by atoms with Gasteiger partial charge in [-0.05, 0) is 85.9 Å². The molecule has 9 heteroatoms. The number of carbonyl (C=O) groups excluding carboxylic acids is 3. The molecule has 8 nitrogen and oxygen atoms in total. The van der Waals surface area contributed by atoms with Crippen molar-refractivity contribution >= 4 is 40.3 Å². The lowest BCUT2D eigenvalue weighted by Crippen LogP contribution is -2.33. The molecule has 0 spiro atoms. The Morgan fingerprint density at radius 2 is 1.71 bits per heavy atom. The topological polar surface area (TPSA) is 106 Å². The van der Waals surface area contributed by atoms with Gasteiger partial charge >= 0.3 is 5.97 Å². The molecule has 1 aromatic heterocycles. The van der Waals surface area contributed by atoms with E-state index in [4.69, 9.17) is 9.47 Å². The number of thiophene rings is 1. The molecule has 0 radical (unpaired) electrons. The van der Waals surface area contributed by atoms with E-state index in [1.165, 1.54) is 16.9 Å². The second-order valence-electron chi connectivity index (χ2n) is 11.0. The van der Waals surface area contributed by atoms with Crippen LogP contribution in [0.25, 0.3) is 0 Å². The summed E-state index contributed by atoms with van der Waals surface area (Å²) in [4.78, 5) is 39.3. The van der Waals surface area contributed by atoms with Crippen molar-refractivity contribution in [2.24, 2.45) is 5.10 Å². The first kappa shape index (κ1) is 30.0. The van der Waals surface area contributed by atoms with E-state index in [0.717, 1.165) is 41.7 Å². The van der Waals surface area contributed by atoms with Gasteiger partial charge in [0.15, 0.2) is 6.10 Å². The molecule has 3 aromatic rings. The Labute approximate surface area is 245 Å². The highest BCUT2D eigenvalue weighted by atomic mass is 32.1. The molecule has 41 heavy (non-hydrogen) atoms. The number of esters is 1. The van der Waals surface area contributed by atoms with Crippen molar-refractivity contribution < 1.29 is 23.9 Å². The summed E-state index contributed by atoms with van der Waals surface area (Å²) in [5.41, 5.74) is 6.53. The predicted octanol–water partition coefficient (Wildman–Crippen LogP) is 6.27. The summed E-state index contributed by atoms with van der Waals surface area (Å²) >= 11 is 1.45. The number of ether oxygens (including phenoxy) is 2. The van der Waals surface area contributed by atoms with E-state index < -0.39 is 18.0 Å².